The Bertz CT molecular complexity index is 404. The molecule has 0 saturated carbocycles. The third-order valence-electron chi connectivity index (χ3n) is 3.82. The fourth-order valence-electron chi connectivity index (χ4n) is 2.52. The molecule has 3 nitrogen and oxygen atoms in total. The molecule has 124 valence electrons. The molecule has 0 N–H and O–H groups in total. The van der Waals surface area contributed by atoms with E-state index in [1.165, 1.54) is 5.56 Å². The molecule has 0 spiro atoms. The van der Waals surface area contributed by atoms with Crippen LogP contribution < -0.4 is 0 Å². The summed E-state index contributed by atoms with van der Waals surface area (Å²) in [4.78, 5) is 0. The van der Waals surface area contributed by atoms with Gasteiger partial charge in [0.2, 0.25) is 0 Å². The summed E-state index contributed by atoms with van der Waals surface area (Å²) in [6, 6.07) is 11.4. The Morgan fingerprint density at radius 1 is 1.14 bits per heavy atom. The van der Waals surface area contributed by atoms with Gasteiger partial charge in [0.1, 0.15) is 0 Å². The molecule has 1 aromatic rings. The lowest BCUT2D eigenvalue weighted by atomic mass is 10.1. The summed E-state index contributed by atoms with van der Waals surface area (Å²) < 4.78 is 17.3. The van der Waals surface area contributed by atoms with E-state index in [4.69, 9.17) is 13.3 Å². The van der Waals surface area contributed by atoms with Crippen molar-refractivity contribution in [2.45, 2.75) is 51.2 Å². The third-order valence-corrected chi connectivity index (χ3v) is 6.84. The normalized spacial score (nSPS) is 13.0. The lowest BCUT2D eigenvalue weighted by Crippen LogP contribution is -2.46. The van der Waals surface area contributed by atoms with Gasteiger partial charge in [0.15, 0.2) is 0 Å². The number of benzene rings is 1. The van der Waals surface area contributed by atoms with Gasteiger partial charge in [-0.05, 0) is 24.8 Å². The van der Waals surface area contributed by atoms with E-state index in [-0.39, 0.29) is 6.10 Å². The molecule has 0 heterocycles. The van der Waals surface area contributed by atoms with Crippen molar-refractivity contribution in [3.8, 4) is 0 Å². The average Bonchev–Trinajstić information content (AvgIpc) is 2.57. The van der Waals surface area contributed by atoms with Crippen molar-refractivity contribution < 1.29 is 13.3 Å². The first-order valence-corrected chi connectivity index (χ1v) is 10.1. The van der Waals surface area contributed by atoms with Crippen LogP contribution in [0.4, 0.5) is 0 Å². The van der Waals surface area contributed by atoms with Gasteiger partial charge in [-0.2, -0.15) is 0 Å². The van der Waals surface area contributed by atoms with Gasteiger partial charge in [-0.1, -0.05) is 56.2 Å². The summed E-state index contributed by atoms with van der Waals surface area (Å²) in [5.41, 5.74) is 1.39. The first-order chi connectivity index (χ1) is 10.7. The Kier molecular flexibility index (Phi) is 9.32. The molecule has 22 heavy (non-hydrogen) atoms. The Balaban J connectivity index is 2.39. The highest BCUT2D eigenvalue weighted by atomic mass is 28.4. The summed E-state index contributed by atoms with van der Waals surface area (Å²) in [6.45, 7) is 6.01. The Morgan fingerprint density at radius 3 is 2.36 bits per heavy atom. The monoisotopic (exact) mass is 322 g/mol. The van der Waals surface area contributed by atoms with Crippen LogP contribution in [0.1, 0.15) is 38.2 Å². The Labute approximate surface area is 136 Å². The Morgan fingerprint density at radius 2 is 1.82 bits per heavy atom. The molecule has 1 rings (SSSR count). The number of unbranched alkanes of at least 4 members (excludes halogenated alkanes) is 1. The van der Waals surface area contributed by atoms with Gasteiger partial charge in [0, 0.05) is 20.3 Å². The maximum atomic E-state index is 6.15. The minimum absolute atomic E-state index is 0.00823. The van der Waals surface area contributed by atoms with Gasteiger partial charge in [-0.3, -0.25) is 0 Å². The summed E-state index contributed by atoms with van der Waals surface area (Å²) in [6.07, 6.45) is 7.20. The van der Waals surface area contributed by atoms with Crippen molar-refractivity contribution in [3.05, 3.63) is 48.6 Å². The first kappa shape index (κ1) is 19.1. The molecule has 0 amide bonds. The second kappa shape index (κ2) is 10.7. The minimum Gasteiger partial charge on any atom is -0.377 e. The minimum atomic E-state index is -2.52. The maximum Gasteiger partial charge on any atom is 0.500 e. The van der Waals surface area contributed by atoms with Crippen LogP contribution in [0.15, 0.2) is 43.0 Å². The van der Waals surface area contributed by atoms with Crippen molar-refractivity contribution in [3.63, 3.8) is 0 Å². The zero-order chi connectivity index (χ0) is 16.3. The molecular formula is C18H30O3Si. The van der Waals surface area contributed by atoms with Crippen LogP contribution >= 0.6 is 0 Å². The molecule has 1 aromatic carbocycles. The molecule has 0 aliphatic heterocycles. The van der Waals surface area contributed by atoms with Crippen LogP contribution in [0.3, 0.4) is 0 Å². The van der Waals surface area contributed by atoms with Crippen LogP contribution in [0, 0.1) is 0 Å². The van der Waals surface area contributed by atoms with Gasteiger partial charge < -0.3 is 13.3 Å². The molecular weight excluding hydrogens is 292 g/mol. The number of hydrogen-bond acceptors (Lipinski definition) is 3. The molecule has 1 atom stereocenters. The molecule has 0 radical (unpaired) electrons. The van der Waals surface area contributed by atoms with Gasteiger partial charge in [0.25, 0.3) is 0 Å². The van der Waals surface area contributed by atoms with Crippen molar-refractivity contribution in [2.24, 2.45) is 0 Å². The van der Waals surface area contributed by atoms with E-state index in [2.05, 4.69) is 43.8 Å². The van der Waals surface area contributed by atoms with Crippen molar-refractivity contribution in [1.82, 2.24) is 0 Å². The maximum absolute atomic E-state index is 6.15. The van der Waals surface area contributed by atoms with Crippen molar-refractivity contribution >= 4 is 8.80 Å². The number of hydrogen-bond donors (Lipinski definition) is 0. The first-order valence-electron chi connectivity index (χ1n) is 8.14. The molecule has 0 saturated heterocycles. The second-order valence-electron chi connectivity index (χ2n) is 5.46. The fourth-order valence-corrected chi connectivity index (χ4v) is 4.70. The molecule has 0 fully saturated rings. The van der Waals surface area contributed by atoms with Gasteiger partial charge in [-0.15, -0.1) is 6.58 Å². The highest BCUT2D eigenvalue weighted by molar-refractivity contribution is 6.60. The van der Waals surface area contributed by atoms with E-state index in [1.54, 1.807) is 14.2 Å². The van der Waals surface area contributed by atoms with E-state index in [1.807, 2.05) is 6.08 Å². The SMILES string of the molecule is C=CC(CCCCc1ccccc1)O[Si](CCC)(OC)OC. The van der Waals surface area contributed by atoms with E-state index in [9.17, 15) is 0 Å². The zero-order valence-electron chi connectivity index (χ0n) is 14.2. The lowest BCUT2D eigenvalue weighted by Gasteiger charge is -2.29. The topological polar surface area (TPSA) is 27.7 Å². The lowest BCUT2D eigenvalue weighted by molar-refractivity contribution is 0.0693. The van der Waals surface area contributed by atoms with Gasteiger partial charge >= 0.3 is 8.80 Å². The Hall–Kier alpha value is -0.943. The molecule has 0 aliphatic carbocycles. The third kappa shape index (κ3) is 6.44. The summed E-state index contributed by atoms with van der Waals surface area (Å²) >= 11 is 0. The van der Waals surface area contributed by atoms with Crippen molar-refractivity contribution in [2.75, 3.05) is 14.2 Å². The summed E-state index contributed by atoms with van der Waals surface area (Å²) in [5, 5.41) is 0. The van der Waals surface area contributed by atoms with E-state index in [0.717, 1.165) is 38.1 Å². The largest absolute Gasteiger partial charge is 0.500 e. The van der Waals surface area contributed by atoms with E-state index >= 15 is 0 Å². The van der Waals surface area contributed by atoms with Crippen LogP contribution in [-0.4, -0.2) is 29.1 Å². The number of rotatable bonds is 12. The van der Waals surface area contributed by atoms with Crippen LogP contribution in [0.2, 0.25) is 6.04 Å². The second-order valence-corrected chi connectivity index (χ2v) is 8.38. The average molecular weight is 323 g/mol. The van der Waals surface area contributed by atoms with Crippen LogP contribution in [0.5, 0.6) is 0 Å². The molecule has 0 aromatic heterocycles. The summed E-state index contributed by atoms with van der Waals surface area (Å²) in [5.74, 6) is 0. The molecule has 0 aliphatic rings. The van der Waals surface area contributed by atoms with Gasteiger partial charge in [0.05, 0.1) is 6.10 Å². The molecule has 1 unspecified atom stereocenters. The van der Waals surface area contributed by atoms with E-state index < -0.39 is 8.80 Å². The quantitative estimate of drug-likeness (QED) is 0.319. The van der Waals surface area contributed by atoms with Crippen LogP contribution in [0.25, 0.3) is 0 Å². The molecule has 4 heteroatoms. The summed E-state index contributed by atoms with van der Waals surface area (Å²) in [7, 11) is 0.840. The number of aryl methyl sites for hydroxylation is 1. The van der Waals surface area contributed by atoms with Crippen LogP contribution in [-0.2, 0) is 19.7 Å². The highest BCUT2D eigenvalue weighted by Crippen LogP contribution is 2.21. The molecule has 0 bridgehead atoms. The smallest absolute Gasteiger partial charge is 0.377 e. The predicted molar refractivity (Wildman–Crippen MR) is 93.9 cm³/mol. The van der Waals surface area contributed by atoms with Crippen molar-refractivity contribution in [1.29, 1.82) is 0 Å². The standard InChI is InChI=1S/C18H30O3Si/c1-5-16-22(19-3,20-4)21-18(6-2)15-11-10-14-17-12-8-7-9-13-17/h6-9,12-13,18H,2,5,10-11,14-16H2,1,3-4H3. The zero-order valence-corrected chi connectivity index (χ0v) is 15.2. The highest BCUT2D eigenvalue weighted by Gasteiger charge is 2.39. The predicted octanol–water partition coefficient (Wildman–Crippen LogP) is 4.61. The van der Waals surface area contributed by atoms with E-state index in [0.29, 0.717) is 0 Å². The fraction of sp³-hybridized carbons (Fsp3) is 0.556. The van der Waals surface area contributed by atoms with Gasteiger partial charge in [-0.25, -0.2) is 0 Å².